The molecule has 0 aliphatic carbocycles. The minimum atomic E-state index is 0.0609. The minimum Gasteiger partial charge on any atom is -0.379 e. The number of aliphatic imine (C=N–C) groups is 1. The van der Waals surface area contributed by atoms with Gasteiger partial charge in [0.05, 0.1) is 19.8 Å². The van der Waals surface area contributed by atoms with Crippen molar-refractivity contribution in [3.8, 4) is 0 Å². The van der Waals surface area contributed by atoms with Crippen LogP contribution in [0.25, 0.3) is 0 Å². The summed E-state index contributed by atoms with van der Waals surface area (Å²) in [5.41, 5.74) is 2.56. The number of nitrogens with one attached hydrogen (secondary N) is 2. The van der Waals surface area contributed by atoms with Crippen molar-refractivity contribution >= 4 is 11.6 Å². The standard InChI is InChI=1S/C22H35N5O/c1-4-23-21(25-18-22(2,3)27-13-15-28-16-14-27)24-17-19-7-9-20(10-8-19)26-11-5-6-12-26/h5-10H,4,11-18H2,1-3H3,(H2,23,24,25). The fraction of sp³-hybridized carbons (Fsp3) is 0.591. The highest BCUT2D eigenvalue weighted by Crippen LogP contribution is 2.18. The van der Waals surface area contributed by atoms with Crippen LogP contribution in [0.1, 0.15) is 26.3 Å². The van der Waals surface area contributed by atoms with Crippen molar-refractivity contribution in [2.75, 3.05) is 57.4 Å². The highest BCUT2D eigenvalue weighted by molar-refractivity contribution is 5.79. The predicted molar refractivity (Wildman–Crippen MR) is 117 cm³/mol. The van der Waals surface area contributed by atoms with Gasteiger partial charge in [0.1, 0.15) is 0 Å². The van der Waals surface area contributed by atoms with Crippen molar-refractivity contribution in [2.24, 2.45) is 4.99 Å². The van der Waals surface area contributed by atoms with Crippen LogP contribution in [0.3, 0.4) is 0 Å². The monoisotopic (exact) mass is 385 g/mol. The van der Waals surface area contributed by atoms with Gasteiger partial charge in [-0.1, -0.05) is 24.3 Å². The maximum atomic E-state index is 5.48. The van der Waals surface area contributed by atoms with Crippen molar-refractivity contribution in [3.05, 3.63) is 42.0 Å². The third-order valence-electron chi connectivity index (χ3n) is 5.44. The zero-order valence-electron chi connectivity index (χ0n) is 17.6. The Balaban J connectivity index is 1.54. The van der Waals surface area contributed by atoms with E-state index in [1.54, 1.807) is 0 Å². The van der Waals surface area contributed by atoms with Crippen molar-refractivity contribution in [1.82, 2.24) is 15.5 Å². The van der Waals surface area contributed by atoms with Gasteiger partial charge in [0, 0.05) is 50.5 Å². The second kappa shape index (κ2) is 9.94. The van der Waals surface area contributed by atoms with Crippen LogP contribution in [0.5, 0.6) is 0 Å². The van der Waals surface area contributed by atoms with Crippen molar-refractivity contribution in [1.29, 1.82) is 0 Å². The van der Waals surface area contributed by atoms with Crippen LogP contribution in [0.15, 0.2) is 41.4 Å². The van der Waals surface area contributed by atoms with Gasteiger partial charge >= 0.3 is 0 Å². The maximum absolute atomic E-state index is 5.48. The Kier molecular flexibility index (Phi) is 7.34. The molecule has 1 aromatic carbocycles. The van der Waals surface area contributed by atoms with Crippen LogP contribution in [0, 0.1) is 0 Å². The lowest BCUT2D eigenvalue weighted by atomic mass is 10.0. The molecule has 2 aliphatic rings. The first-order chi connectivity index (χ1) is 13.6. The van der Waals surface area contributed by atoms with E-state index in [1.807, 2.05) is 0 Å². The van der Waals surface area contributed by atoms with Crippen molar-refractivity contribution < 1.29 is 4.74 Å². The lowest BCUT2D eigenvalue weighted by molar-refractivity contribution is -0.00834. The van der Waals surface area contributed by atoms with E-state index in [0.717, 1.165) is 58.4 Å². The molecule has 0 spiro atoms. The summed E-state index contributed by atoms with van der Waals surface area (Å²) in [5.74, 6) is 0.872. The van der Waals surface area contributed by atoms with Gasteiger partial charge in [-0.25, -0.2) is 4.99 Å². The van der Waals surface area contributed by atoms with Crippen molar-refractivity contribution in [3.63, 3.8) is 0 Å². The molecule has 1 saturated heterocycles. The molecule has 3 rings (SSSR count). The fourth-order valence-corrected chi connectivity index (χ4v) is 3.59. The number of benzene rings is 1. The number of nitrogens with zero attached hydrogens (tertiary/aromatic N) is 3. The second-order valence-corrected chi connectivity index (χ2v) is 8.00. The van der Waals surface area contributed by atoms with Gasteiger partial charge < -0.3 is 20.3 Å². The van der Waals surface area contributed by atoms with Crippen LogP contribution in [-0.4, -0.2) is 68.9 Å². The molecule has 0 atom stereocenters. The highest BCUT2D eigenvalue weighted by atomic mass is 16.5. The Labute approximate surface area is 169 Å². The number of anilines is 1. The molecular weight excluding hydrogens is 350 g/mol. The lowest BCUT2D eigenvalue weighted by Crippen LogP contribution is -2.56. The fourth-order valence-electron chi connectivity index (χ4n) is 3.59. The summed E-state index contributed by atoms with van der Waals surface area (Å²) < 4.78 is 5.48. The molecule has 154 valence electrons. The largest absolute Gasteiger partial charge is 0.379 e. The van der Waals surface area contributed by atoms with Crippen LogP contribution >= 0.6 is 0 Å². The van der Waals surface area contributed by atoms with Crippen molar-refractivity contribution in [2.45, 2.75) is 32.9 Å². The number of hydrogen-bond acceptors (Lipinski definition) is 4. The molecule has 0 aromatic heterocycles. The second-order valence-electron chi connectivity index (χ2n) is 8.00. The average molecular weight is 386 g/mol. The Morgan fingerprint density at radius 2 is 1.75 bits per heavy atom. The molecule has 1 fully saturated rings. The first kappa shape index (κ1) is 20.7. The van der Waals surface area contributed by atoms with E-state index in [9.17, 15) is 0 Å². The average Bonchev–Trinajstić information content (AvgIpc) is 3.26. The molecule has 1 aromatic rings. The van der Waals surface area contributed by atoms with Crippen LogP contribution in [0.2, 0.25) is 0 Å². The SMILES string of the molecule is CCNC(=NCc1ccc(N2CC=CC2)cc1)NCC(C)(C)N1CCOCC1. The number of morpholine rings is 1. The summed E-state index contributed by atoms with van der Waals surface area (Å²) in [4.78, 5) is 9.62. The maximum Gasteiger partial charge on any atom is 0.191 e. The highest BCUT2D eigenvalue weighted by Gasteiger charge is 2.28. The van der Waals surface area contributed by atoms with Gasteiger partial charge in [-0.05, 0) is 38.5 Å². The molecule has 6 nitrogen and oxygen atoms in total. The number of guanidine groups is 1. The Morgan fingerprint density at radius 3 is 2.39 bits per heavy atom. The molecule has 2 N–H and O–H groups in total. The molecule has 0 saturated carbocycles. The Bertz CT molecular complexity index is 654. The lowest BCUT2D eigenvalue weighted by Gasteiger charge is -2.41. The number of hydrogen-bond donors (Lipinski definition) is 2. The summed E-state index contributed by atoms with van der Waals surface area (Å²) in [6, 6.07) is 8.75. The summed E-state index contributed by atoms with van der Waals surface area (Å²) >= 11 is 0. The smallest absolute Gasteiger partial charge is 0.191 e. The molecule has 0 bridgehead atoms. The molecule has 28 heavy (non-hydrogen) atoms. The molecule has 0 unspecified atom stereocenters. The van der Waals surface area contributed by atoms with Gasteiger partial charge in [0.15, 0.2) is 5.96 Å². The Morgan fingerprint density at radius 1 is 1.07 bits per heavy atom. The van der Waals surface area contributed by atoms with Crippen LogP contribution < -0.4 is 15.5 Å². The summed E-state index contributed by atoms with van der Waals surface area (Å²) in [6.07, 6.45) is 4.43. The van der Waals surface area contributed by atoms with Gasteiger partial charge in [0.25, 0.3) is 0 Å². The van der Waals surface area contributed by atoms with Crippen LogP contribution in [0.4, 0.5) is 5.69 Å². The van der Waals surface area contributed by atoms with Gasteiger partial charge in [-0.2, -0.15) is 0 Å². The summed E-state index contributed by atoms with van der Waals surface area (Å²) in [7, 11) is 0. The topological polar surface area (TPSA) is 52.1 Å². The minimum absolute atomic E-state index is 0.0609. The van der Waals surface area contributed by atoms with Crippen LogP contribution in [-0.2, 0) is 11.3 Å². The number of rotatable bonds is 7. The van der Waals surface area contributed by atoms with E-state index in [4.69, 9.17) is 9.73 Å². The van der Waals surface area contributed by atoms with E-state index in [2.05, 4.69) is 77.6 Å². The Hall–Kier alpha value is -2.05. The molecule has 6 heteroatoms. The predicted octanol–water partition coefficient (Wildman–Crippen LogP) is 2.23. The quantitative estimate of drug-likeness (QED) is 0.428. The molecule has 0 radical (unpaired) electrons. The first-order valence-corrected chi connectivity index (χ1v) is 10.4. The van der Waals surface area contributed by atoms with E-state index >= 15 is 0 Å². The van der Waals surface area contributed by atoms with Gasteiger partial charge in [-0.15, -0.1) is 0 Å². The molecule has 2 aliphatic heterocycles. The molecule has 2 heterocycles. The third-order valence-corrected chi connectivity index (χ3v) is 5.44. The van der Waals surface area contributed by atoms with E-state index in [-0.39, 0.29) is 5.54 Å². The number of ether oxygens (including phenoxy) is 1. The van der Waals surface area contributed by atoms with Gasteiger partial charge in [-0.3, -0.25) is 4.90 Å². The first-order valence-electron chi connectivity index (χ1n) is 10.4. The molecule has 0 amide bonds. The summed E-state index contributed by atoms with van der Waals surface area (Å²) in [6.45, 7) is 14.7. The summed E-state index contributed by atoms with van der Waals surface area (Å²) in [5, 5.41) is 6.89. The van der Waals surface area contributed by atoms with Gasteiger partial charge in [0.2, 0.25) is 0 Å². The molecular formula is C22H35N5O. The van der Waals surface area contributed by atoms with E-state index < -0.39 is 0 Å². The zero-order chi connectivity index (χ0) is 19.8. The van der Waals surface area contributed by atoms with E-state index in [0.29, 0.717) is 6.54 Å². The third kappa shape index (κ3) is 5.72. The normalized spacial score (nSPS) is 18.5. The zero-order valence-corrected chi connectivity index (χ0v) is 17.6. The van der Waals surface area contributed by atoms with E-state index in [1.165, 1.54) is 11.3 Å².